The third kappa shape index (κ3) is 2.43. The molecule has 2 heterocycles. The summed E-state index contributed by atoms with van der Waals surface area (Å²) < 4.78 is 25.9. The van der Waals surface area contributed by atoms with E-state index in [1.54, 1.807) is 50.9 Å². The Morgan fingerprint density at radius 3 is 1.32 bits per heavy atom. The Morgan fingerprint density at radius 1 is 0.773 bits per heavy atom. The molecule has 22 heavy (non-hydrogen) atoms. The fourth-order valence-corrected chi connectivity index (χ4v) is 2.85. The maximum Gasteiger partial charge on any atom is 0.418 e. The molecule has 0 amide bonds. The van der Waals surface area contributed by atoms with Gasteiger partial charge in [0, 0.05) is 14.1 Å². The van der Waals surface area contributed by atoms with Crippen LogP contribution >= 0.6 is 0 Å². The van der Waals surface area contributed by atoms with Crippen molar-refractivity contribution in [3.63, 3.8) is 0 Å². The van der Waals surface area contributed by atoms with Crippen molar-refractivity contribution in [2.45, 2.75) is 27.7 Å². The third-order valence-electron chi connectivity index (χ3n) is 4.09. The number of aromatic nitrogens is 2. The van der Waals surface area contributed by atoms with Gasteiger partial charge in [0.05, 0.1) is 22.8 Å². The van der Waals surface area contributed by atoms with Gasteiger partial charge in [-0.1, -0.05) is 0 Å². The molecule has 2 N–H and O–H groups in total. The molecule has 0 fully saturated rings. The van der Waals surface area contributed by atoms with E-state index >= 15 is 0 Å². The molecule has 2 rings (SSSR count). The van der Waals surface area contributed by atoms with E-state index in [-0.39, 0.29) is 23.0 Å². The molecule has 0 aliphatic carbocycles. The molecule has 2 aromatic heterocycles. The van der Waals surface area contributed by atoms with E-state index in [9.17, 15) is 14.4 Å². The van der Waals surface area contributed by atoms with Crippen molar-refractivity contribution >= 4 is 11.4 Å². The predicted octanol–water partition coefficient (Wildman–Crippen LogP) is 2.04. The first-order valence-electron chi connectivity index (χ1n) is 6.64. The Labute approximate surface area is 131 Å². The van der Waals surface area contributed by atoms with E-state index in [2.05, 4.69) is 0 Å². The van der Waals surface area contributed by atoms with Gasteiger partial charge in [-0.15, -0.1) is 0 Å². The van der Waals surface area contributed by atoms with Crippen molar-refractivity contribution in [3.05, 3.63) is 22.8 Å². The highest BCUT2D eigenvalue weighted by atomic mass is 32.2. The molecule has 0 unspecified atom stereocenters. The maximum absolute atomic E-state index is 12.1. The van der Waals surface area contributed by atoms with Crippen LogP contribution in [0.25, 0.3) is 0 Å². The first kappa shape index (κ1) is 16.3. The number of hydrogen-bond donors (Lipinski definition) is 2. The molecule has 0 bridgehead atoms. The molecule has 8 heteroatoms. The fraction of sp³-hybridized carbons (Fsp3) is 0.429. The molecule has 0 aliphatic rings. The van der Waals surface area contributed by atoms with E-state index in [0.29, 0.717) is 22.8 Å². The number of hydrogen-bond acceptors (Lipinski definition) is 5. The van der Waals surface area contributed by atoms with Crippen molar-refractivity contribution in [1.82, 2.24) is 9.13 Å². The average Bonchev–Trinajstić information content (AvgIpc) is 2.77. The van der Waals surface area contributed by atoms with Crippen LogP contribution in [-0.4, -0.2) is 23.6 Å². The first-order valence-corrected chi connectivity index (χ1v) is 7.64. The number of aromatic hydroxyl groups is 2. The lowest BCUT2D eigenvalue weighted by Gasteiger charge is -2.06. The summed E-state index contributed by atoms with van der Waals surface area (Å²) in [5.41, 5.74) is 2.44. The van der Waals surface area contributed by atoms with Crippen LogP contribution in [0.2, 0.25) is 0 Å². The molecular formula is C14H20N2O5S. The zero-order chi connectivity index (χ0) is 16.8. The average molecular weight is 328 g/mol. The highest BCUT2D eigenvalue weighted by molar-refractivity contribution is 7.76. The molecule has 0 atom stereocenters. The molecule has 0 saturated heterocycles. The second-order valence-corrected chi connectivity index (χ2v) is 5.93. The maximum atomic E-state index is 12.1. The quantitative estimate of drug-likeness (QED) is 0.897. The van der Waals surface area contributed by atoms with E-state index in [0.717, 1.165) is 0 Å². The van der Waals surface area contributed by atoms with Gasteiger partial charge in [-0.2, -0.15) is 4.21 Å². The Bertz CT molecular complexity index is 647. The molecule has 2 aromatic rings. The summed E-state index contributed by atoms with van der Waals surface area (Å²) in [6.07, 6.45) is 0. The fourth-order valence-electron chi connectivity index (χ4n) is 2.15. The summed E-state index contributed by atoms with van der Waals surface area (Å²) in [6.45, 7) is 6.90. The van der Waals surface area contributed by atoms with Crippen LogP contribution in [0.4, 0.5) is 0 Å². The molecule has 7 nitrogen and oxygen atoms in total. The highest BCUT2D eigenvalue weighted by Gasteiger charge is 2.23. The largest absolute Gasteiger partial charge is 0.503 e. The summed E-state index contributed by atoms with van der Waals surface area (Å²) in [7, 11) is 3.52. The van der Waals surface area contributed by atoms with Gasteiger partial charge in [0.15, 0.2) is 11.5 Å². The summed E-state index contributed by atoms with van der Waals surface area (Å²) in [4.78, 5) is 0. The zero-order valence-electron chi connectivity index (χ0n) is 13.4. The first-order chi connectivity index (χ1) is 10.2. The smallest absolute Gasteiger partial charge is 0.418 e. The predicted molar refractivity (Wildman–Crippen MR) is 82.5 cm³/mol. The topological polar surface area (TPSA) is 85.9 Å². The Morgan fingerprint density at radius 2 is 1.09 bits per heavy atom. The zero-order valence-corrected chi connectivity index (χ0v) is 14.2. The van der Waals surface area contributed by atoms with E-state index < -0.39 is 11.4 Å². The van der Waals surface area contributed by atoms with Crippen LogP contribution in [0, 0.1) is 27.7 Å². The minimum atomic E-state index is -2.20. The summed E-state index contributed by atoms with van der Waals surface area (Å²) >= 11 is -2.20. The molecule has 0 radical (unpaired) electrons. The van der Waals surface area contributed by atoms with Crippen molar-refractivity contribution in [1.29, 1.82) is 0 Å². The van der Waals surface area contributed by atoms with Crippen LogP contribution < -0.4 is 8.37 Å². The van der Waals surface area contributed by atoms with Crippen LogP contribution in [0.1, 0.15) is 22.8 Å². The van der Waals surface area contributed by atoms with Gasteiger partial charge in [-0.05, 0) is 27.7 Å². The lowest BCUT2D eigenvalue weighted by atomic mass is 10.4. The van der Waals surface area contributed by atoms with E-state index in [1.165, 1.54) is 0 Å². The van der Waals surface area contributed by atoms with Crippen molar-refractivity contribution < 1.29 is 22.8 Å². The van der Waals surface area contributed by atoms with Gasteiger partial charge in [-0.3, -0.25) is 0 Å². The molecule has 0 aliphatic heterocycles. The van der Waals surface area contributed by atoms with Crippen molar-refractivity contribution in [2.24, 2.45) is 14.1 Å². The number of nitrogens with zero attached hydrogens (tertiary/aromatic N) is 2. The van der Waals surface area contributed by atoms with Gasteiger partial charge in [-0.25, -0.2) is 0 Å². The van der Waals surface area contributed by atoms with Crippen LogP contribution in [0.15, 0.2) is 0 Å². The van der Waals surface area contributed by atoms with Crippen LogP contribution in [-0.2, 0) is 25.5 Å². The second kappa shape index (κ2) is 5.60. The Hall–Kier alpha value is -2.09. The van der Waals surface area contributed by atoms with Gasteiger partial charge in [0.2, 0.25) is 11.5 Å². The van der Waals surface area contributed by atoms with Gasteiger partial charge in [0.25, 0.3) is 0 Å². The summed E-state index contributed by atoms with van der Waals surface area (Å²) in [5, 5.41) is 20.0. The third-order valence-corrected chi connectivity index (χ3v) is 4.69. The van der Waals surface area contributed by atoms with Gasteiger partial charge >= 0.3 is 11.4 Å². The molecule has 0 spiro atoms. The Balaban J connectivity index is 2.26. The van der Waals surface area contributed by atoms with Gasteiger partial charge < -0.3 is 27.7 Å². The number of rotatable bonds is 4. The van der Waals surface area contributed by atoms with Crippen molar-refractivity contribution in [3.8, 4) is 23.0 Å². The Kier molecular flexibility index (Phi) is 4.15. The van der Waals surface area contributed by atoms with Crippen LogP contribution in [0.3, 0.4) is 0 Å². The minimum absolute atomic E-state index is 0.0814. The lowest BCUT2D eigenvalue weighted by molar-refractivity contribution is 0.405. The van der Waals surface area contributed by atoms with E-state index in [1.807, 2.05) is 0 Å². The van der Waals surface area contributed by atoms with E-state index in [4.69, 9.17) is 8.37 Å². The lowest BCUT2D eigenvalue weighted by Crippen LogP contribution is -2.09. The monoisotopic (exact) mass is 328 g/mol. The molecule has 0 aromatic carbocycles. The standard InChI is InChI=1S/C14H20N2O5S/c1-7-11(17)13(9(3)15(7)5)20-22(19)21-14-10(4)16(6)8(2)12(14)18/h17-18H,1-6H3. The summed E-state index contributed by atoms with van der Waals surface area (Å²) in [5.74, 6) is 0.0375. The molecule has 0 saturated carbocycles. The second-order valence-electron chi connectivity index (χ2n) is 5.19. The normalized spacial score (nSPS) is 11.2. The minimum Gasteiger partial charge on any atom is -0.503 e. The van der Waals surface area contributed by atoms with Crippen LogP contribution in [0.5, 0.6) is 23.0 Å². The van der Waals surface area contributed by atoms with Crippen molar-refractivity contribution in [2.75, 3.05) is 0 Å². The van der Waals surface area contributed by atoms with Gasteiger partial charge in [0.1, 0.15) is 0 Å². The molecule has 122 valence electrons. The highest BCUT2D eigenvalue weighted by Crippen LogP contribution is 2.38. The summed E-state index contributed by atoms with van der Waals surface area (Å²) in [6, 6.07) is 0. The SMILES string of the molecule is Cc1c(O)c(OS(=O)Oc2c(O)c(C)n(C)c2C)c(C)n1C. The molecular weight excluding hydrogens is 308 g/mol.